The summed E-state index contributed by atoms with van der Waals surface area (Å²) in [7, 11) is 0. The second-order valence-electron chi connectivity index (χ2n) is 3.19. The number of hydrogen-bond donors (Lipinski definition) is 0. The number of hydrogen-bond acceptors (Lipinski definition) is 0. The molecule has 0 heteroatoms. The van der Waals surface area contributed by atoms with Crippen molar-refractivity contribution in [3.05, 3.63) is 41.0 Å². The molecule has 0 atom stereocenters. The van der Waals surface area contributed by atoms with E-state index >= 15 is 0 Å². The fraction of sp³-hybridized carbons (Fsp3) is 0.385. The summed E-state index contributed by atoms with van der Waals surface area (Å²) >= 11 is 0. The van der Waals surface area contributed by atoms with Crippen LogP contribution in [0.4, 0.5) is 0 Å². The van der Waals surface area contributed by atoms with E-state index in [1.807, 2.05) is 13.8 Å². The molecule has 0 bridgehead atoms. The predicted molar refractivity (Wildman–Crippen MR) is 59.8 cm³/mol. The van der Waals surface area contributed by atoms with Crippen LogP contribution in [0.5, 0.6) is 0 Å². The van der Waals surface area contributed by atoms with Crippen molar-refractivity contribution in [3.63, 3.8) is 0 Å². The second kappa shape index (κ2) is 4.86. The molecule has 0 radical (unpaired) electrons. The number of fused-ring (bicyclic) bond motifs is 1. The molecule has 0 aromatic heterocycles. The highest BCUT2D eigenvalue weighted by Gasteiger charge is 2.04. The fourth-order valence-corrected chi connectivity index (χ4v) is 1.57. The van der Waals surface area contributed by atoms with Crippen LogP contribution in [-0.2, 0) is 6.42 Å². The van der Waals surface area contributed by atoms with Gasteiger partial charge < -0.3 is 0 Å². The average Bonchev–Trinajstić information content (AvgIpc) is 2.21. The van der Waals surface area contributed by atoms with Gasteiger partial charge >= 0.3 is 0 Å². The van der Waals surface area contributed by atoms with Crippen LogP contribution in [0.25, 0.3) is 6.08 Å². The topological polar surface area (TPSA) is 0 Å². The van der Waals surface area contributed by atoms with E-state index in [9.17, 15) is 0 Å². The van der Waals surface area contributed by atoms with Crippen LogP contribution in [0, 0.1) is 0 Å². The minimum Gasteiger partial charge on any atom is -0.0724 e. The fourth-order valence-electron chi connectivity index (χ4n) is 1.57. The highest BCUT2D eigenvalue weighted by atomic mass is 14.1. The SMILES string of the molecule is CC.CC1=Cc2ccccc2CC1. The predicted octanol–water partition coefficient (Wildman–Crippen LogP) is 4.06. The van der Waals surface area contributed by atoms with Crippen molar-refractivity contribution in [3.8, 4) is 0 Å². The molecule has 0 nitrogen and oxygen atoms in total. The van der Waals surface area contributed by atoms with Crippen LogP contribution < -0.4 is 0 Å². The van der Waals surface area contributed by atoms with E-state index in [4.69, 9.17) is 0 Å². The molecule has 13 heavy (non-hydrogen) atoms. The zero-order valence-corrected chi connectivity index (χ0v) is 8.80. The zero-order valence-electron chi connectivity index (χ0n) is 8.80. The first-order valence-electron chi connectivity index (χ1n) is 5.11. The molecule has 1 aromatic rings. The van der Waals surface area contributed by atoms with E-state index in [1.54, 1.807) is 0 Å². The normalized spacial score (nSPS) is 13.6. The van der Waals surface area contributed by atoms with E-state index in [-0.39, 0.29) is 0 Å². The maximum atomic E-state index is 2.29. The number of rotatable bonds is 0. The van der Waals surface area contributed by atoms with Crippen molar-refractivity contribution >= 4 is 6.08 Å². The smallest absolute Gasteiger partial charge is 0.0225 e. The summed E-state index contributed by atoms with van der Waals surface area (Å²) in [6.45, 7) is 6.20. The maximum Gasteiger partial charge on any atom is -0.0225 e. The van der Waals surface area contributed by atoms with E-state index in [0.29, 0.717) is 0 Å². The van der Waals surface area contributed by atoms with Crippen molar-refractivity contribution in [1.82, 2.24) is 0 Å². The summed E-state index contributed by atoms with van der Waals surface area (Å²) in [6, 6.07) is 8.64. The first-order chi connectivity index (χ1) is 6.36. The van der Waals surface area contributed by atoms with Crippen LogP contribution in [0.15, 0.2) is 29.8 Å². The molecule has 0 spiro atoms. The van der Waals surface area contributed by atoms with Gasteiger partial charge in [0.1, 0.15) is 0 Å². The number of benzene rings is 1. The molecule has 2 rings (SSSR count). The largest absolute Gasteiger partial charge is 0.0724 e. The number of aryl methyl sites for hydroxylation is 1. The summed E-state index contributed by atoms with van der Waals surface area (Å²) in [4.78, 5) is 0. The van der Waals surface area contributed by atoms with Crippen LogP contribution >= 0.6 is 0 Å². The van der Waals surface area contributed by atoms with Crippen molar-refractivity contribution < 1.29 is 0 Å². The van der Waals surface area contributed by atoms with Crippen LogP contribution in [0.3, 0.4) is 0 Å². The highest BCUT2D eigenvalue weighted by Crippen LogP contribution is 2.22. The standard InChI is InChI=1S/C11H12.C2H6/c1-9-6-7-10-4-2-3-5-11(10)8-9;1-2/h2-5,8H,6-7H2,1H3;1-2H3. The molecule has 1 aromatic carbocycles. The van der Waals surface area contributed by atoms with Gasteiger partial charge in [0.05, 0.1) is 0 Å². The Bertz CT molecular complexity index is 295. The van der Waals surface area contributed by atoms with Crippen LogP contribution in [0.2, 0.25) is 0 Å². The van der Waals surface area contributed by atoms with Crippen molar-refractivity contribution in [2.24, 2.45) is 0 Å². The van der Waals surface area contributed by atoms with E-state index in [1.165, 1.54) is 29.5 Å². The Morgan fingerprint density at radius 3 is 2.46 bits per heavy atom. The van der Waals surface area contributed by atoms with Gasteiger partial charge in [-0.15, -0.1) is 0 Å². The minimum absolute atomic E-state index is 1.22. The molecule has 0 saturated heterocycles. The molecule has 0 heterocycles. The lowest BCUT2D eigenvalue weighted by atomic mass is 9.93. The molecule has 0 unspecified atom stereocenters. The third kappa shape index (κ3) is 2.45. The first kappa shape index (κ1) is 10.0. The molecule has 70 valence electrons. The van der Waals surface area contributed by atoms with Gasteiger partial charge in [0.25, 0.3) is 0 Å². The van der Waals surface area contributed by atoms with Crippen LogP contribution in [0.1, 0.15) is 38.3 Å². The molecule has 0 aliphatic heterocycles. The summed E-state index contributed by atoms with van der Waals surface area (Å²) < 4.78 is 0. The molecular weight excluding hydrogens is 156 g/mol. The summed E-state index contributed by atoms with van der Waals surface area (Å²) in [5.41, 5.74) is 4.41. The van der Waals surface area contributed by atoms with Gasteiger partial charge in [-0.3, -0.25) is 0 Å². The average molecular weight is 174 g/mol. The maximum absolute atomic E-state index is 2.29. The van der Waals surface area contributed by atoms with E-state index < -0.39 is 0 Å². The zero-order chi connectivity index (χ0) is 9.68. The molecule has 1 aliphatic carbocycles. The second-order valence-corrected chi connectivity index (χ2v) is 3.19. The summed E-state index contributed by atoms with van der Waals surface area (Å²) in [5, 5.41) is 0. The van der Waals surface area contributed by atoms with Gasteiger partial charge in [0.2, 0.25) is 0 Å². The third-order valence-corrected chi connectivity index (χ3v) is 2.25. The number of allylic oxidation sites excluding steroid dienone is 1. The Labute approximate surface area is 81.3 Å². The highest BCUT2D eigenvalue weighted by molar-refractivity contribution is 5.58. The van der Waals surface area contributed by atoms with E-state index in [2.05, 4.69) is 37.3 Å². The van der Waals surface area contributed by atoms with Crippen molar-refractivity contribution in [2.75, 3.05) is 0 Å². The molecule has 0 saturated carbocycles. The minimum atomic E-state index is 1.22. The lowest BCUT2D eigenvalue weighted by Gasteiger charge is -2.12. The lowest BCUT2D eigenvalue weighted by molar-refractivity contribution is 0.927. The molecule has 0 N–H and O–H groups in total. The lowest BCUT2D eigenvalue weighted by Crippen LogP contribution is -1.95. The monoisotopic (exact) mass is 174 g/mol. The van der Waals surface area contributed by atoms with Gasteiger partial charge in [0, 0.05) is 0 Å². The molecule has 0 fully saturated rings. The Morgan fingerprint density at radius 2 is 1.69 bits per heavy atom. The van der Waals surface area contributed by atoms with Crippen molar-refractivity contribution in [1.29, 1.82) is 0 Å². The molecular formula is C13H18. The van der Waals surface area contributed by atoms with Gasteiger partial charge in [-0.05, 0) is 30.9 Å². The summed E-state index contributed by atoms with van der Waals surface area (Å²) in [5.74, 6) is 0. The van der Waals surface area contributed by atoms with Gasteiger partial charge in [-0.25, -0.2) is 0 Å². The first-order valence-corrected chi connectivity index (χ1v) is 5.11. The molecule has 1 aliphatic rings. The van der Waals surface area contributed by atoms with Crippen LogP contribution in [-0.4, -0.2) is 0 Å². The third-order valence-electron chi connectivity index (χ3n) is 2.25. The molecule has 0 amide bonds. The van der Waals surface area contributed by atoms with Gasteiger partial charge in [-0.2, -0.15) is 0 Å². The Morgan fingerprint density at radius 1 is 1.00 bits per heavy atom. The Hall–Kier alpha value is -1.04. The van der Waals surface area contributed by atoms with E-state index in [0.717, 1.165) is 0 Å². The van der Waals surface area contributed by atoms with Crippen molar-refractivity contribution in [2.45, 2.75) is 33.6 Å². The van der Waals surface area contributed by atoms with Gasteiger partial charge in [-0.1, -0.05) is 49.8 Å². The quantitative estimate of drug-likeness (QED) is 0.556. The summed E-state index contributed by atoms with van der Waals surface area (Å²) in [6.07, 6.45) is 4.74. The Balaban J connectivity index is 0.000000396. The Kier molecular flexibility index (Phi) is 3.75. The van der Waals surface area contributed by atoms with Gasteiger partial charge in [0.15, 0.2) is 0 Å².